The van der Waals surface area contributed by atoms with Crippen LogP contribution in [0.1, 0.15) is 21.5 Å². The number of benzene rings is 1. The Morgan fingerprint density at radius 3 is 3.00 bits per heavy atom. The Labute approximate surface area is 69.0 Å². The molecule has 1 aromatic rings. The highest BCUT2D eigenvalue weighted by Gasteiger charge is 2.24. The minimum absolute atomic E-state index is 0.0697. The Kier molecular flexibility index (Phi) is 1.40. The molecule has 62 valence electrons. The van der Waals surface area contributed by atoms with Gasteiger partial charge in [0.1, 0.15) is 12.4 Å². The molecule has 0 amide bonds. The quantitative estimate of drug-likeness (QED) is 0.549. The van der Waals surface area contributed by atoms with Crippen LogP contribution in [0.2, 0.25) is 0 Å². The minimum Gasteiger partial charge on any atom is -0.457 e. The summed E-state index contributed by atoms with van der Waals surface area (Å²) in [4.78, 5) is 11.0. The number of aryl methyl sites for hydroxylation is 1. The monoisotopic (exact) mass is 166 g/mol. The van der Waals surface area contributed by atoms with Gasteiger partial charge in [-0.1, -0.05) is 0 Å². The molecule has 0 fully saturated rings. The molecule has 1 aromatic carbocycles. The Bertz CT molecular complexity index is 358. The summed E-state index contributed by atoms with van der Waals surface area (Å²) in [6, 6.07) is 3.05. The van der Waals surface area contributed by atoms with Crippen molar-refractivity contribution in [3.8, 4) is 0 Å². The van der Waals surface area contributed by atoms with Gasteiger partial charge in [-0.25, -0.2) is 9.18 Å². The van der Waals surface area contributed by atoms with Crippen LogP contribution in [0.4, 0.5) is 4.39 Å². The molecule has 12 heavy (non-hydrogen) atoms. The van der Waals surface area contributed by atoms with Crippen LogP contribution in [0, 0.1) is 12.7 Å². The largest absolute Gasteiger partial charge is 0.457 e. The van der Waals surface area contributed by atoms with Crippen LogP contribution in [0.5, 0.6) is 0 Å². The normalized spacial score (nSPS) is 14.3. The molecule has 1 heterocycles. The first-order chi connectivity index (χ1) is 5.68. The summed E-state index contributed by atoms with van der Waals surface area (Å²) in [7, 11) is 0. The van der Waals surface area contributed by atoms with E-state index < -0.39 is 5.97 Å². The molecule has 1 aliphatic heterocycles. The van der Waals surface area contributed by atoms with E-state index in [9.17, 15) is 9.18 Å². The van der Waals surface area contributed by atoms with Gasteiger partial charge in [0.15, 0.2) is 0 Å². The second-order valence-corrected chi connectivity index (χ2v) is 2.85. The lowest BCUT2D eigenvalue weighted by molar-refractivity contribution is 0.0534. The number of esters is 1. The van der Waals surface area contributed by atoms with Crippen LogP contribution < -0.4 is 0 Å². The number of hydrogen-bond acceptors (Lipinski definition) is 2. The molecular weight excluding hydrogens is 159 g/mol. The molecule has 2 nitrogen and oxygen atoms in total. The number of carbonyl (C=O) groups excluding carboxylic acids is 1. The van der Waals surface area contributed by atoms with Crippen LogP contribution in [0.25, 0.3) is 0 Å². The van der Waals surface area contributed by atoms with E-state index in [0.29, 0.717) is 11.1 Å². The van der Waals surface area contributed by atoms with Gasteiger partial charge in [-0.15, -0.1) is 0 Å². The zero-order valence-electron chi connectivity index (χ0n) is 6.56. The zero-order valence-corrected chi connectivity index (χ0v) is 6.56. The molecule has 2 rings (SSSR count). The van der Waals surface area contributed by atoms with Gasteiger partial charge in [0.05, 0.1) is 5.56 Å². The van der Waals surface area contributed by atoms with Gasteiger partial charge < -0.3 is 4.74 Å². The molecule has 0 radical (unpaired) electrons. The van der Waals surface area contributed by atoms with Crippen molar-refractivity contribution in [2.75, 3.05) is 0 Å². The number of ether oxygens (including phenoxy) is 1. The highest BCUT2D eigenvalue weighted by molar-refractivity contribution is 5.93. The molecule has 0 aromatic heterocycles. The van der Waals surface area contributed by atoms with Crippen molar-refractivity contribution in [1.29, 1.82) is 0 Å². The number of carbonyl (C=O) groups is 1. The van der Waals surface area contributed by atoms with Gasteiger partial charge in [0.25, 0.3) is 0 Å². The number of rotatable bonds is 0. The molecule has 0 unspecified atom stereocenters. The van der Waals surface area contributed by atoms with Gasteiger partial charge >= 0.3 is 5.97 Å². The summed E-state index contributed by atoms with van der Waals surface area (Å²) in [6.07, 6.45) is 0. The average Bonchev–Trinajstić information content (AvgIpc) is 2.33. The number of cyclic esters (lactones) is 1. The van der Waals surface area contributed by atoms with Crippen LogP contribution >= 0.6 is 0 Å². The van der Waals surface area contributed by atoms with E-state index in [4.69, 9.17) is 0 Å². The van der Waals surface area contributed by atoms with E-state index in [2.05, 4.69) is 4.74 Å². The van der Waals surface area contributed by atoms with Gasteiger partial charge in [-0.2, -0.15) is 0 Å². The van der Waals surface area contributed by atoms with Crippen molar-refractivity contribution in [1.82, 2.24) is 0 Å². The first-order valence-corrected chi connectivity index (χ1v) is 3.64. The standard InChI is InChI=1S/C9H7FO2/c1-5-2-6-7(8(10)3-5)4-12-9(6)11/h2-3H,4H2,1H3. The molecule has 1 aliphatic rings. The fraction of sp³-hybridized carbons (Fsp3) is 0.222. The summed E-state index contributed by atoms with van der Waals surface area (Å²) in [5.41, 5.74) is 1.49. The molecular formula is C9H7FO2. The van der Waals surface area contributed by atoms with Gasteiger partial charge in [-0.3, -0.25) is 0 Å². The maximum absolute atomic E-state index is 13.1. The highest BCUT2D eigenvalue weighted by atomic mass is 19.1. The van der Waals surface area contributed by atoms with Crippen LogP contribution in [-0.2, 0) is 11.3 Å². The van der Waals surface area contributed by atoms with Crippen molar-refractivity contribution in [2.24, 2.45) is 0 Å². The van der Waals surface area contributed by atoms with Crippen molar-refractivity contribution < 1.29 is 13.9 Å². The summed E-state index contributed by atoms with van der Waals surface area (Å²) < 4.78 is 17.8. The Balaban J connectivity index is 2.68. The molecule has 0 atom stereocenters. The van der Waals surface area contributed by atoms with Crippen molar-refractivity contribution in [3.05, 3.63) is 34.6 Å². The first kappa shape index (κ1) is 7.28. The third-order valence-corrected chi connectivity index (χ3v) is 1.91. The van der Waals surface area contributed by atoms with Crippen LogP contribution in [0.3, 0.4) is 0 Å². The fourth-order valence-electron chi connectivity index (χ4n) is 1.32. The van der Waals surface area contributed by atoms with Crippen molar-refractivity contribution >= 4 is 5.97 Å². The van der Waals surface area contributed by atoms with E-state index in [1.165, 1.54) is 6.07 Å². The molecule has 0 aliphatic carbocycles. The predicted octanol–water partition coefficient (Wildman–Crippen LogP) is 1.80. The molecule has 0 N–H and O–H groups in total. The smallest absolute Gasteiger partial charge is 0.338 e. The SMILES string of the molecule is Cc1cc(F)c2c(c1)C(=O)OC2. The molecule has 0 spiro atoms. The lowest BCUT2D eigenvalue weighted by atomic mass is 10.1. The molecule has 0 saturated carbocycles. The molecule has 0 saturated heterocycles. The zero-order chi connectivity index (χ0) is 8.72. The Morgan fingerprint density at radius 2 is 2.25 bits per heavy atom. The lowest BCUT2D eigenvalue weighted by Gasteiger charge is -1.97. The second-order valence-electron chi connectivity index (χ2n) is 2.85. The average molecular weight is 166 g/mol. The number of halogens is 1. The van der Waals surface area contributed by atoms with Gasteiger partial charge in [-0.05, 0) is 24.6 Å². The highest BCUT2D eigenvalue weighted by Crippen LogP contribution is 2.23. The minimum atomic E-state index is -0.424. The van der Waals surface area contributed by atoms with Crippen molar-refractivity contribution in [3.63, 3.8) is 0 Å². The lowest BCUT2D eigenvalue weighted by Crippen LogP contribution is -1.95. The van der Waals surface area contributed by atoms with Crippen LogP contribution in [-0.4, -0.2) is 5.97 Å². The molecule has 3 heteroatoms. The predicted molar refractivity (Wildman–Crippen MR) is 40.3 cm³/mol. The van der Waals surface area contributed by atoms with E-state index in [-0.39, 0.29) is 12.4 Å². The van der Waals surface area contributed by atoms with Gasteiger partial charge in [0, 0.05) is 5.56 Å². The summed E-state index contributed by atoms with van der Waals surface area (Å²) in [6.45, 7) is 1.81. The Hall–Kier alpha value is -1.38. The third kappa shape index (κ3) is 0.897. The summed E-state index contributed by atoms with van der Waals surface area (Å²) in [5, 5.41) is 0. The van der Waals surface area contributed by atoms with Gasteiger partial charge in [0.2, 0.25) is 0 Å². The Morgan fingerprint density at radius 1 is 1.50 bits per heavy atom. The fourth-order valence-corrected chi connectivity index (χ4v) is 1.32. The summed E-state index contributed by atoms with van der Waals surface area (Å²) >= 11 is 0. The second kappa shape index (κ2) is 2.30. The van der Waals surface area contributed by atoms with E-state index in [0.717, 1.165) is 5.56 Å². The van der Waals surface area contributed by atoms with E-state index in [1.54, 1.807) is 13.0 Å². The molecule has 0 bridgehead atoms. The van der Waals surface area contributed by atoms with Crippen molar-refractivity contribution in [2.45, 2.75) is 13.5 Å². The summed E-state index contributed by atoms with van der Waals surface area (Å²) in [5.74, 6) is -0.775. The maximum Gasteiger partial charge on any atom is 0.338 e. The maximum atomic E-state index is 13.1. The third-order valence-electron chi connectivity index (χ3n) is 1.91. The first-order valence-electron chi connectivity index (χ1n) is 3.64. The van der Waals surface area contributed by atoms with E-state index in [1.807, 2.05) is 0 Å². The van der Waals surface area contributed by atoms with Crippen LogP contribution in [0.15, 0.2) is 12.1 Å². The van der Waals surface area contributed by atoms with E-state index >= 15 is 0 Å². The number of hydrogen-bond donors (Lipinski definition) is 0. The number of fused-ring (bicyclic) bond motifs is 1. The topological polar surface area (TPSA) is 26.3 Å².